The first-order valence-corrected chi connectivity index (χ1v) is 5.91. The Kier molecular flexibility index (Phi) is 4.51. The van der Waals surface area contributed by atoms with Gasteiger partial charge in [-0.25, -0.2) is 0 Å². The quantitative estimate of drug-likeness (QED) is 0.801. The van der Waals surface area contributed by atoms with Crippen LogP contribution in [0.4, 0.5) is 0 Å². The summed E-state index contributed by atoms with van der Waals surface area (Å²) >= 11 is 0. The second kappa shape index (κ2) is 5.46. The third-order valence-corrected chi connectivity index (χ3v) is 2.53. The van der Waals surface area contributed by atoms with Crippen molar-refractivity contribution in [2.24, 2.45) is 5.73 Å². The number of aryl methyl sites for hydroxylation is 1. The molecule has 0 aromatic heterocycles. The van der Waals surface area contributed by atoms with Gasteiger partial charge in [0, 0.05) is 5.54 Å². The summed E-state index contributed by atoms with van der Waals surface area (Å²) in [5.74, 6) is 0. The van der Waals surface area contributed by atoms with Gasteiger partial charge in [-0.2, -0.15) is 0 Å². The molecule has 3 N–H and O–H groups in total. The first-order valence-electron chi connectivity index (χ1n) is 5.91. The summed E-state index contributed by atoms with van der Waals surface area (Å²) in [6.45, 7) is 5.90. The monoisotopic (exact) mass is 221 g/mol. The van der Waals surface area contributed by atoms with Crippen LogP contribution in [0.15, 0.2) is 24.3 Å². The van der Waals surface area contributed by atoms with E-state index in [2.05, 4.69) is 24.3 Å². The molecule has 1 unspecified atom stereocenters. The van der Waals surface area contributed by atoms with Gasteiger partial charge in [-0.3, -0.25) is 0 Å². The molecule has 0 aliphatic rings. The first-order chi connectivity index (χ1) is 7.37. The highest BCUT2D eigenvalue weighted by Gasteiger charge is 2.11. The fraction of sp³-hybridized carbons (Fsp3) is 0.571. The minimum atomic E-state index is -0.220. The van der Waals surface area contributed by atoms with Crippen molar-refractivity contribution in [3.8, 4) is 0 Å². The van der Waals surface area contributed by atoms with Crippen molar-refractivity contribution < 1.29 is 5.11 Å². The summed E-state index contributed by atoms with van der Waals surface area (Å²) in [6, 6.07) is 8.52. The van der Waals surface area contributed by atoms with Crippen molar-refractivity contribution in [2.75, 3.05) is 0 Å². The van der Waals surface area contributed by atoms with E-state index in [4.69, 9.17) is 5.73 Å². The van der Waals surface area contributed by atoms with E-state index in [-0.39, 0.29) is 11.6 Å². The standard InChI is InChI=1S/C14H23NO/c1-11(16)4-5-12-6-8-13(9-7-12)10-14(2,3)15/h6-9,11,16H,4-5,10,15H2,1-3H3. The summed E-state index contributed by atoms with van der Waals surface area (Å²) in [4.78, 5) is 0. The van der Waals surface area contributed by atoms with Crippen LogP contribution in [-0.2, 0) is 12.8 Å². The SMILES string of the molecule is CC(O)CCc1ccc(CC(C)(C)N)cc1. The highest BCUT2D eigenvalue weighted by atomic mass is 16.3. The molecule has 90 valence electrons. The van der Waals surface area contributed by atoms with Gasteiger partial charge in [0.05, 0.1) is 6.10 Å². The summed E-state index contributed by atoms with van der Waals surface area (Å²) in [6.07, 6.45) is 2.43. The van der Waals surface area contributed by atoms with Crippen LogP contribution in [0.5, 0.6) is 0 Å². The lowest BCUT2D eigenvalue weighted by molar-refractivity contribution is 0.185. The largest absolute Gasteiger partial charge is 0.393 e. The van der Waals surface area contributed by atoms with Crippen LogP contribution in [0.25, 0.3) is 0 Å². The molecule has 0 fully saturated rings. The number of aliphatic hydroxyl groups excluding tert-OH is 1. The maximum Gasteiger partial charge on any atom is 0.0515 e. The van der Waals surface area contributed by atoms with Crippen molar-refractivity contribution in [2.45, 2.75) is 51.7 Å². The molecule has 0 heterocycles. The predicted molar refractivity (Wildman–Crippen MR) is 68.4 cm³/mol. The molecule has 0 aliphatic heterocycles. The van der Waals surface area contributed by atoms with Gasteiger partial charge in [0.1, 0.15) is 0 Å². The summed E-state index contributed by atoms with van der Waals surface area (Å²) in [7, 11) is 0. The lowest BCUT2D eigenvalue weighted by Gasteiger charge is -2.18. The van der Waals surface area contributed by atoms with Gasteiger partial charge in [0.15, 0.2) is 0 Å². The molecule has 1 rings (SSSR count). The smallest absolute Gasteiger partial charge is 0.0515 e. The topological polar surface area (TPSA) is 46.2 Å². The van der Waals surface area contributed by atoms with Gasteiger partial charge in [-0.15, -0.1) is 0 Å². The normalized spacial score (nSPS) is 13.8. The Morgan fingerprint density at radius 2 is 1.69 bits per heavy atom. The zero-order valence-corrected chi connectivity index (χ0v) is 10.5. The molecule has 0 saturated heterocycles. The van der Waals surface area contributed by atoms with Crippen LogP contribution >= 0.6 is 0 Å². The van der Waals surface area contributed by atoms with Crippen molar-refractivity contribution in [3.63, 3.8) is 0 Å². The molecule has 0 spiro atoms. The van der Waals surface area contributed by atoms with E-state index >= 15 is 0 Å². The first kappa shape index (κ1) is 13.2. The third kappa shape index (κ3) is 5.29. The van der Waals surface area contributed by atoms with E-state index in [1.54, 1.807) is 0 Å². The van der Waals surface area contributed by atoms with Crippen molar-refractivity contribution in [1.29, 1.82) is 0 Å². The maximum absolute atomic E-state index is 9.20. The van der Waals surface area contributed by atoms with Crippen molar-refractivity contribution >= 4 is 0 Å². The van der Waals surface area contributed by atoms with E-state index in [9.17, 15) is 5.11 Å². The molecular formula is C14H23NO. The Bertz CT molecular complexity index is 309. The average molecular weight is 221 g/mol. The Morgan fingerprint density at radius 1 is 1.19 bits per heavy atom. The molecule has 0 aliphatic carbocycles. The molecule has 0 amide bonds. The number of nitrogens with two attached hydrogens (primary N) is 1. The Balaban J connectivity index is 2.54. The van der Waals surface area contributed by atoms with Gasteiger partial charge < -0.3 is 10.8 Å². The van der Waals surface area contributed by atoms with Gasteiger partial charge in [0.25, 0.3) is 0 Å². The van der Waals surface area contributed by atoms with Crippen LogP contribution in [0.3, 0.4) is 0 Å². The second-order valence-electron chi connectivity index (χ2n) is 5.37. The molecule has 1 aromatic carbocycles. The molecule has 0 radical (unpaired) electrons. The number of benzene rings is 1. The molecule has 0 bridgehead atoms. The molecule has 2 nitrogen and oxygen atoms in total. The summed E-state index contributed by atoms with van der Waals surface area (Å²) in [5, 5.41) is 9.20. The fourth-order valence-corrected chi connectivity index (χ4v) is 1.73. The van der Waals surface area contributed by atoms with Crippen LogP contribution in [0.2, 0.25) is 0 Å². The minimum Gasteiger partial charge on any atom is -0.393 e. The van der Waals surface area contributed by atoms with Crippen molar-refractivity contribution in [3.05, 3.63) is 35.4 Å². The number of hydrogen-bond donors (Lipinski definition) is 2. The van der Waals surface area contributed by atoms with Crippen LogP contribution in [0, 0.1) is 0 Å². The van der Waals surface area contributed by atoms with E-state index in [0.29, 0.717) is 0 Å². The second-order valence-corrected chi connectivity index (χ2v) is 5.37. The third-order valence-electron chi connectivity index (χ3n) is 2.53. The Morgan fingerprint density at radius 3 is 2.12 bits per heavy atom. The van der Waals surface area contributed by atoms with Crippen LogP contribution < -0.4 is 5.73 Å². The van der Waals surface area contributed by atoms with Gasteiger partial charge in [-0.1, -0.05) is 24.3 Å². The molecular weight excluding hydrogens is 198 g/mol. The highest BCUT2D eigenvalue weighted by Crippen LogP contribution is 2.12. The highest BCUT2D eigenvalue weighted by molar-refractivity contribution is 5.24. The Labute approximate surface area is 98.5 Å². The maximum atomic E-state index is 9.20. The predicted octanol–water partition coefficient (Wildman–Crippen LogP) is 2.28. The summed E-state index contributed by atoms with van der Waals surface area (Å²) in [5.41, 5.74) is 8.37. The molecule has 0 saturated carbocycles. The fourth-order valence-electron chi connectivity index (χ4n) is 1.73. The van der Waals surface area contributed by atoms with Gasteiger partial charge in [-0.05, 0) is 51.2 Å². The average Bonchev–Trinajstić information content (AvgIpc) is 2.14. The lowest BCUT2D eigenvalue weighted by atomic mass is 9.95. The van der Waals surface area contributed by atoms with Crippen LogP contribution in [0.1, 0.15) is 38.3 Å². The lowest BCUT2D eigenvalue weighted by Crippen LogP contribution is -2.34. The van der Waals surface area contributed by atoms with E-state index in [0.717, 1.165) is 19.3 Å². The zero-order chi connectivity index (χ0) is 12.2. The van der Waals surface area contributed by atoms with E-state index < -0.39 is 0 Å². The van der Waals surface area contributed by atoms with E-state index in [1.807, 2.05) is 20.8 Å². The van der Waals surface area contributed by atoms with E-state index in [1.165, 1.54) is 11.1 Å². The number of rotatable bonds is 5. The van der Waals surface area contributed by atoms with Crippen LogP contribution in [-0.4, -0.2) is 16.7 Å². The van der Waals surface area contributed by atoms with Gasteiger partial charge in [0.2, 0.25) is 0 Å². The molecule has 16 heavy (non-hydrogen) atoms. The van der Waals surface area contributed by atoms with Gasteiger partial charge >= 0.3 is 0 Å². The Hall–Kier alpha value is -0.860. The zero-order valence-electron chi connectivity index (χ0n) is 10.5. The number of hydrogen-bond acceptors (Lipinski definition) is 2. The molecule has 2 heteroatoms. The minimum absolute atomic E-state index is 0.152. The summed E-state index contributed by atoms with van der Waals surface area (Å²) < 4.78 is 0. The molecule has 1 aromatic rings. The van der Waals surface area contributed by atoms with Crippen molar-refractivity contribution in [1.82, 2.24) is 0 Å². The molecule has 1 atom stereocenters. The number of aliphatic hydroxyl groups is 1.